The van der Waals surface area contributed by atoms with E-state index in [1.807, 2.05) is 0 Å². The van der Waals surface area contributed by atoms with Gasteiger partial charge >= 0.3 is 34.1 Å². The molecule has 0 atom stereocenters. The Hall–Kier alpha value is 2.04. The monoisotopic (exact) mass is 640 g/mol. The zero-order valence-electron chi connectivity index (χ0n) is 20.9. The maximum Gasteiger partial charge on any atom is 2.00 e. The number of unbranched alkanes of at least 4 members (excludes halogenated alkanes) is 4. The Kier molecular flexibility index (Phi) is 63.9. The van der Waals surface area contributed by atoms with Gasteiger partial charge in [0, 0.05) is 0 Å². The maximum absolute atomic E-state index is 3.77. The summed E-state index contributed by atoms with van der Waals surface area (Å²) in [6.45, 7) is 20.8. The zero-order valence-corrected chi connectivity index (χ0v) is 25.8. The normalized spacial score (nSPS) is 9.75. The van der Waals surface area contributed by atoms with Crippen molar-refractivity contribution in [1.82, 2.24) is 20.4 Å². The van der Waals surface area contributed by atoms with E-state index < -0.39 is 0 Å². The molecular weight excluding hydrogens is 593 g/mol. The second kappa shape index (κ2) is 40.2. The van der Waals surface area contributed by atoms with Crippen LogP contribution in [-0.4, -0.2) is 68.3 Å². The van der Waals surface area contributed by atoms with Crippen molar-refractivity contribution in [3.8, 4) is 0 Å². The molecule has 0 aromatic heterocycles. The smallest absolute Gasteiger partial charge is 1.00 e. The van der Waals surface area contributed by atoms with Gasteiger partial charge in [-0.3, -0.25) is 0 Å². The van der Waals surface area contributed by atoms with Gasteiger partial charge < -0.3 is 70.1 Å². The van der Waals surface area contributed by atoms with Gasteiger partial charge in [0.1, 0.15) is 0 Å². The van der Waals surface area contributed by atoms with Gasteiger partial charge in [-0.05, 0) is 84.5 Å². The number of hydrogen-bond donors (Lipinski definition) is 2. The van der Waals surface area contributed by atoms with E-state index in [0.29, 0.717) is 6.17 Å². The van der Waals surface area contributed by atoms with Crippen molar-refractivity contribution >= 4 is 0 Å². The van der Waals surface area contributed by atoms with Crippen LogP contribution in [0.1, 0.15) is 86.0 Å². The van der Waals surface area contributed by atoms with Crippen LogP contribution in [0.25, 0.3) is 0 Å². The number of nitrogens with zero attached hydrogens (tertiary/aromatic N) is 2. The molecule has 0 saturated heterocycles. The van der Waals surface area contributed by atoms with Crippen LogP contribution in [0, 0.1) is 0 Å². The average molecular weight is 644 g/mol. The van der Waals surface area contributed by atoms with Crippen molar-refractivity contribution in [3.05, 3.63) is 0 Å². The topological polar surface area (TPSA) is 30.5 Å². The van der Waals surface area contributed by atoms with Gasteiger partial charge in [-0.25, -0.2) is 0 Å². The van der Waals surface area contributed by atoms with Gasteiger partial charge in [-0.1, -0.05) is 53.9 Å². The Balaban J connectivity index is -0.000000208. The van der Waals surface area contributed by atoms with Crippen LogP contribution in [0.4, 0.5) is 0 Å². The fourth-order valence-electron chi connectivity index (χ4n) is 3.43. The molecule has 0 aromatic carbocycles. The Morgan fingerprint density at radius 2 is 0.906 bits per heavy atom. The molecule has 10 heteroatoms. The van der Waals surface area contributed by atoms with E-state index in [9.17, 15) is 0 Å². The third-order valence-electron chi connectivity index (χ3n) is 5.47. The van der Waals surface area contributed by atoms with Crippen molar-refractivity contribution in [3.63, 3.8) is 0 Å². The molecule has 0 spiro atoms. The van der Waals surface area contributed by atoms with Gasteiger partial charge in [0.05, 0.1) is 6.17 Å². The second-order valence-electron chi connectivity index (χ2n) is 7.42. The van der Waals surface area contributed by atoms with E-state index >= 15 is 0 Å². The number of hydrogen-bond acceptors (Lipinski definition) is 4. The van der Waals surface area contributed by atoms with Crippen LogP contribution < -0.4 is 60.3 Å². The van der Waals surface area contributed by atoms with Gasteiger partial charge in [0.25, 0.3) is 0 Å². The SMILES string of the molecule is CCCCCC(NCCCC[16N](CC)CC)NCCCC[16N](CC)CC.[Cl-].[Cl-].[Cl-].[Cl-].[Cu+2].[Cu+2]. The molecule has 4 nitrogen and oxygen atoms in total. The first-order valence-corrected chi connectivity index (χ1v) is 11.6. The van der Waals surface area contributed by atoms with Gasteiger partial charge in [-0.15, -0.1) is 0 Å². The number of nitrogens with one attached hydrogen (secondary N) is 2. The third-order valence-corrected chi connectivity index (χ3v) is 5.47. The molecule has 0 fully saturated rings. The molecule has 0 saturated carbocycles. The Labute approximate surface area is 247 Å². The first-order valence-electron chi connectivity index (χ1n) is 11.6. The van der Waals surface area contributed by atoms with Crippen molar-refractivity contribution in [2.45, 2.75) is 92.2 Å². The van der Waals surface area contributed by atoms with E-state index in [1.165, 1.54) is 90.6 Å². The molecule has 0 amide bonds. The van der Waals surface area contributed by atoms with E-state index in [1.54, 1.807) is 0 Å². The number of rotatable bonds is 20. The molecule has 208 valence electrons. The fraction of sp³-hybridized carbons (Fsp3) is 1.00. The molecule has 0 aliphatic heterocycles. The quantitative estimate of drug-likeness (QED) is 0.0786. The van der Waals surface area contributed by atoms with Gasteiger partial charge in [0.15, 0.2) is 0 Å². The average Bonchev–Trinajstić information content (AvgIpc) is 2.67. The summed E-state index contributed by atoms with van der Waals surface area (Å²) in [6.07, 6.45) is 10.9. The minimum absolute atomic E-state index is 0. The van der Waals surface area contributed by atoms with Crippen LogP contribution in [0.2, 0.25) is 0 Å². The molecule has 0 heterocycles. The van der Waals surface area contributed by atoms with E-state index in [2.05, 4.69) is 55.1 Å². The number of halogens is 4. The predicted molar refractivity (Wildman–Crippen MR) is 118 cm³/mol. The van der Waals surface area contributed by atoms with Crippen molar-refractivity contribution in [1.29, 1.82) is 0 Å². The maximum atomic E-state index is 3.77. The molecule has 0 aromatic rings. The van der Waals surface area contributed by atoms with Crippen molar-refractivity contribution in [2.24, 2.45) is 0 Å². The molecule has 32 heavy (non-hydrogen) atoms. The Morgan fingerprint density at radius 1 is 0.531 bits per heavy atom. The van der Waals surface area contributed by atoms with E-state index in [-0.39, 0.29) is 83.8 Å². The van der Waals surface area contributed by atoms with Gasteiger partial charge in [-0.2, -0.15) is 0 Å². The van der Waals surface area contributed by atoms with Crippen LogP contribution in [-0.2, 0) is 34.1 Å². The van der Waals surface area contributed by atoms with E-state index in [0.717, 1.165) is 13.1 Å². The largest absolute Gasteiger partial charge is 2.00 e. The molecule has 0 unspecified atom stereocenters. The first-order chi connectivity index (χ1) is 12.7. The molecule has 2 radical (unpaired) electrons. The Morgan fingerprint density at radius 3 is 1.22 bits per heavy atom. The fourth-order valence-corrected chi connectivity index (χ4v) is 3.43. The molecule has 0 bridgehead atoms. The van der Waals surface area contributed by atoms with E-state index in [4.69, 9.17) is 0 Å². The van der Waals surface area contributed by atoms with Crippen LogP contribution in [0.15, 0.2) is 0 Å². The molecule has 0 aliphatic rings. The molecule has 0 aliphatic carbocycles. The summed E-state index contributed by atoms with van der Waals surface area (Å²) in [5, 5.41) is 7.54. The summed E-state index contributed by atoms with van der Waals surface area (Å²) in [5.41, 5.74) is 0. The Bertz CT molecular complexity index is 271. The van der Waals surface area contributed by atoms with Crippen LogP contribution in [0.5, 0.6) is 0 Å². The predicted octanol–water partition coefficient (Wildman–Crippen LogP) is -7.67. The summed E-state index contributed by atoms with van der Waals surface area (Å²) in [6, 6.07) is 0. The first kappa shape index (κ1) is 50.8. The summed E-state index contributed by atoms with van der Waals surface area (Å²) < 4.78 is 0. The minimum Gasteiger partial charge on any atom is -1.00 e. The zero-order chi connectivity index (χ0) is 19.5. The van der Waals surface area contributed by atoms with Crippen molar-refractivity contribution in [2.75, 3.05) is 52.4 Å². The third kappa shape index (κ3) is 32.0. The molecule has 0 rings (SSSR count). The van der Waals surface area contributed by atoms with Gasteiger partial charge in [0.2, 0.25) is 0 Å². The second-order valence-corrected chi connectivity index (χ2v) is 7.42. The van der Waals surface area contributed by atoms with Crippen LogP contribution >= 0.6 is 0 Å². The molecule has 2 N–H and O–H groups in total. The summed E-state index contributed by atoms with van der Waals surface area (Å²) in [5.74, 6) is 0. The summed E-state index contributed by atoms with van der Waals surface area (Å²) in [4.78, 5) is 5.04. The van der Waals surface area contributed by atoms with Crippen LogP contribution in [0.3, 0.4) is 0 Å². The van der Waals surface area contributed by atoms with Crippen molar-refractivity contribution < 1.29 is 83.8 Å². The standard InChI is InChI=1S/C22H50N4.4ClH.2Cu/c1-6-11-12-17-22(23-18-13-15-20-25(7-2)8-3)24-19-14-16-21-26(9-4)10-5;;;;;;/h22-24H,6-21H2,1-5H3;4*1H;;/q;;;;;2*+2/p-4/i25+2,26+2;;;;;;. The summed E-state index contributed by atoms with van der Waals surface area (Å²) >= 11 is 0. The minimum atomic E-state index is 0. The molecular formula is C22H50Cl4Cu2N4. The summed E-state index contributed by atoms with van der Waals surface area (Å²) in [7, 11) is 0.